The Morgan fingerprint density at radius 3 is 2.48 bits per heavy atom. The number of nitrogens with one attached hydrogen (secondary N) is 2. The summed E-state index contributed by atoms with van der Waals surface area (Å²) in [5.41, 5.74) is 2.70. The van der Waals surface area contributed by atoms with E-state index in [1.54, 1.807) is 55.8 Å². The van der Waals surface area contributed by atoms with Crippen LogP contribution in [0.4, 0.5) is 0 Å². The van der Waals surface area contributed by atoms with Crippen molar-refractivity contribution < 1.29 is 22.7 Å². The first kappa shape index (κ1) is 24.2. The van der Waals surface area contributed by atoms with Crippen LogP contribution in [0, 0.1) is 13.8 Å². The predicted molar refractivity (Wildman–Crippen MR) is 125 cm³/mol. The van der Waals surface area contributed by atoms with Gasteiger partial charge in [-0.15, -0.1) is 0 Å². The number of hydrogen-bond donors (Lipinski definition) is 2. The van der Waals surface area contributed by atoms with Gasteiger partial charge in [0.25, 0.3) is 0 Å². The Hall–Kier alpha value is -3.43. The van der Waals surface area contributed by atoms with Gasteiger partial charge in [-0.3, -0.25) is 4.79 Å². The number of methoxy groups -OCH3 is 1. The van der Waals surface area contributed by atoms with E-state index in [1.807, 2.05) is 26.0 Å². The molecule has 0 aliphatic rings. The predicted octanol–water partition coefficient (Wildman–Crippen LogP) is 3.48. The van der Waals surface area contributed by atoms with Crippen LogP contribution < -0.4 is 19.5 Å². The standard InChI is InChI=1S/C24H27N3O5S/c1-17-7-9-22(13-18(17)2)33(29,30)27-12-11-23(28)25-15-19-8-10-24(26-16-19)32-21-6-4-5-20(14-21)31-3/h4-10,13-14,16,27H,11-12,15H2,1-3H3,(H,25,28). The Balaban J connectivity index is 1.44. The Morgan fingerprint density at radius 1 is 1.00 bits per heavy atom. The van der Waals surface area contributed by atoms with E-state index < -0.39 is 10.0 Å². The van der Waals surface area contributed by atoms with Crippen molar-refractivity contribution in [3.63, 3.8) is 0 Å². The minimum Gasteiger partial charge on any atom is -0.497 e. The normalized spacial score (nSPS) is 11.1. The van der Waals surface area contributed by atoms with Crippen molar-refractivity contribution in [1.29, 1.82) is 0 Å². The molecule has 0 aliphatic heterocycles. The molecule has 0 fully saturated rings. The smallest absolute Gasteiger partial charge is 0.240 e. The van der Waals surface area contributed by atoms with E-state index in [9.17, 15) is 13.2 Å². The van der Waals surface area contributed by atoms with Crippen molar-refractivity contribution in [1.82, 2.24) is 15.0 Å². The Bertz CT molecular complexity index is 1210. The molecule has 174 valence electrons. The third kappa shape index (κ3) is 7.03. The Labute approximate surface area is 194 Å². The molecule has 0 spiro atoms. The molecule has 0 saturated carbocycles. The summed E-state index contributed by atoms with van der Waals surface area (Å²) >= 11 is 0. The van der Waals surface area contributed by atoms with Crippen molar-refractivity contribution >= 4 is 15.9 Å². The second-order valence-corrected chi connectivity index (χ2v) is 9.22. The number of hydrogen-bond acceptors (Lipinski definition) is 6. The topological polar surface area (TPSA) is 107 Å². The minimum absolute atomic E-state index is 0.00660. The number of benzene rings is 2. The number of carbonyl (C=O) groups excluding carboxylic acids is 1. The van der Waals surface area contributed by atoms with E-state index in [4.69, 9.17) is 9.47 Å². The fourth-order valence-electron chi connectivity index (χ4n) is 2.91. The van der Waals surface area contributed by atoms with Gasteiger partial charge >= 0.3 is 0 Å². The van der Waals surface area contributed by atoms with Crippen LogP contribution in [0.25, 0.3) is 0 Å². The van der Waals surface area contributed by atoms with Gasteiger partial charge in [-0.05, 0) is 54.8 Å². The lowest BCUT2D eigenvalue weighted by atomic mass is 10.1. The summed E-state index contributed by atoms with van der Waals surface area (Å²) in [7, 11) is -2.08. The van der Waals surface area contributed by atoms with E-state index in [0.717, 1.165) is 16.7 Å². The molecule has 8 nitrogen and oxygen atoms in total. The average molecular weight is 470 g/mol. The van der Waals surface area contributed by atoms with Crippen LogP contribution in [-0.4, -0.2) is 33.0 Å². The summed E-state index contributed by atoms with van der Waals surface area (Å²) in [6.45, 7) is 4.05. The first-order valence-corrected chi connectivity index (χ1v) is 11.9. The monoisotopic (exact) mass is 469 g/mol. The van der Waals surface area contributed by atoms with Crippen LogP contribution in [0.5, 0.6) is 17.4 Å². The van der Waals surface area contributed by atoms with Crippen LogP contribution in [0.3, 0.4) is 0 Å². The number of aryl methyl sites for hydroxylation is 2. The zero-order valence-corrected chi connectivity index (χ0v) is 19.6. The number of rotatable bonds is 10. The van der Waals surface area contributed by atoms with E-state index >= 15 is 0 Å². The highest BCUT2D eigenvalue weighted by molar-refractivity contribution is 7.89. The lowest BCUT2D eigenvalue weighted by Gasteiger charge is -2.10. The van der Waals surface area contributed by atoms with E-state index in [-0.39, 0.29) is 30.3 Å². The van der Waals surface area contributed by atoms with E-state index in [0.29, 0.717) is 17.4 Å². The molecule has 1 aromatic heterocycles. The van der Waals surface area contributed by atoms with Crippen LogP contribution in [0.15, 0.2) is 65.7 Å². The molecule has 9 heteroatoms. The molecule has 0 aliphatic carbocycles. The molecule has 3 aromatic rings. The lowest BCUT2D eigenvalue weighted by molar-refractivity contribution is -0.121. The van der Waals surface area contributed by atoms with Gasteiger partial charge in [0.15, 0.2) is 0 Å². The van der Waals surface area contributed by atoms with Gasteiger partial charge in [-0.2, -0.15) is 0 Å². The number of amides is 1. The van der Waals surface area contributed by atoms with Crippen LogP contribution in [0.1, 0.15) is 23.1 Å². The van der Waals surface area contributed by atoms with Crippen molar-refractivity contribution in [2.75, 3.05) is 13.7 Å². The highest BCUT2D eigenvalue weighted by Gasteiger charge is 2.15. The van der Waals surface area contributed by atoms with Gasteiger partial charge in [0, 0.05) is 37.8 Å². The molecular formula is C24H27N3O5S. The van der Waals surface area contributed by atoms with Gasteiger partial charge in [0.05, 0.1) is 12.0 Å². The molecular weight excluding hydrogens is 442 g/mol. The molecule has 1 amide bonds. The van der Waals surface area contributed by atoms with Gasteiger partial charge in [-0.25, -0.2) is 18.1 Å². The fraction of sp³-hybridized carbons (Fsp3) is 0.250. The maximum Gasteiger partial charge on any atom is 0.240 e. The van der Waals surface area contributed by atoms with Gasteiger partial charge in [0.2, 0.25) is 21.8 Å². The molecule has 0 saturated heterocycles. The second-order valence-electron chi connectivity index (χ2n) is 7.46. The lowest BCUT2D eigenvalue weighted by Crippen LogP contribution is -2.30. The zero-order chi connectivity index (χ0) is 23.8. The summed E-state index contributed by atoms with van der Waals surface area (Å²) in [6.07, 6.45) is 1.63. The summed E-state index contributed by atoms with van der Waals surface area (Å²) in [4.78, 5) is 16.5. The molecule has 33 heavy (non-hydrogen) atoms. The first-order valence-electron chi connectivity index (χ1n) is 10.4. The number of pyridine rings is 1. The Kier molecular flexibility index (Phi) is 8.02. The van der Waals surface area contributed by atoms with E-state index in [2.05, 4.69) is 15.0 Å². The maximum absolute atomic E-state index is 12.4. The minimum atomic E-state index is -3.66. The van der Waals surface area contributed by atoms with Crippen molar-refractivity contribution in [3.8, 4) is 17.4 Å². The summed E-state index contributed by atoms with van der Waals surface area (Å²) in [5.74, 6) is 1.43. The third-order valence-electron chi connectivity index (χ3n) is 4.98. The second kappa shape index (κ2) is 10.9. The zero-order valence-electron chi connectivity index (χ0n) is 18.8. The molecule has 1 heterocycles. The number of sulfonamides is 1. The number of ether oxygens (including phenoxy) is 2. The molecule has 0 atom stereocenters. The van der Waals surface area contributed by atoms with Crippen molar-refractivity contribution in [3.05, 3.63) is 77.5 Å². The highest BCUT2D eigenvalue weighted by Crippen LogP contribution is 2.23. The SMILES string of the molecule is COc1cccc(Oc2ccc(CNC(=O)CCNS(=O)(=O)c3ccc(C)c(C)c3)cn2)c1. The molecule has 2 aromatic carbocycles. The summed E-state index contributed by atoms with van der Waals surface area (Å²) in [6, 6.07) is 15.6. The third-order valence-corrected chi connectivity index (χ3v) is 6.44. The quantitative estimate of drug-likeness (QED) is 0.471. The molecule has 0 radical (unpaired) electrons. The van der Waals surface area contributed by atoms with Gasteiger partial charge < -0.3 is 14.8 Å². The largest absolute Gasteiger partial charge is 0.497 e. The fourth-order valence-corrected chi connectivity index (χ4v) is 4.03. The van der Waals surface area contributed by atoms with Crippen LogP contribution in [-0.2, 0) is 21.4 Å². The van der Waals surface area contributed by atoms with Crippen LogP contribution in [0.2, 0.25) is 0 Å². The molecule has 3 rings (SSSR count). The highest BCUT2D eigenvalue weighted by atomic mass is 32.2. The summed E-state index contributed by atoms with van der Waals surface area (Å²) < 4.78 is 38.1. The average Bonchev–Trinajstić information content (AvgIpc) is 2.80. The van der Waals surface area contributed by atoms with Gasteiger partial charge in [-0.1, -0.05) is 18.2 Å². The maximum atomic E-state index is 12.4. The number of carbonyl (C=O) groups is 1. The number of nitrogens with zero attached hydrogens (tertiary/aromatic N) is 1. The number of aromatic nitrogens is 1. The molecule has 0 bridgehead atoms. The van der Waals surface area contributed by atoms with E-state index in [1.165, 1.54) is 0 Å². The van der Waals surface area contributed by atoms with Crippen molar-refractivity contribution in [2.45, 2.75) is 31.7 Å². The Morgan fingerprint density at radius 2 is 1.79 bits per heavy atom. The van der Waals surface area contributed by atoms with Gasteiger partial charge in [0.1, 0.15) is 11.5 Å². The first-order chi connectivity index (χ1) is 15.8. The van der Waals surface area contributed by atoms with Crippen molar-refractivity contribution in [2.24, 2.45) is 0 Å². The van der Waals surface area contributed by atoms with Crippen LogP contribution >= 0.6 is 0 Å². The summed E-state index contributed by atoms with van der Waals surface area (Å²) in [5, 5.41) is 2.75. The molecule has 2 N–H and O–H groups in total. The molecule has 0 unspecified atom stereocenters.